The Labute approximate surface area is 76.4 Å². The third-order valence-corrected chi connectivity index (χ3v) is 2.25. The topological polar surface area (TPSA) is 92.5 Å². The van der Waals surface area contributed by atoms with Gasteiger partial charge in [-0.05, 0) is 18.5 Å². The van der Waals surface area contributed by atoms with Gasteiger partial charge in [0, 0.05) is 18.0 Å². The highest BCUT2D eigenvalue weighted by atomic mass is 16.3. The average Bonchev–Trinajstić information content (AvgIpc) is 2.10. The van der Waals surface area contributed by atoms with Crippen LogP contribution in [-0.2, 0) is 0 Å². The van der Waals surface area contributed by atoms with E-state index in [9.17, 15) is 5.11 Å². The summed E-state index contributed by atoms with van der Waals surface area (Å²) < 4.78 is 0. The van der Waals surface area contributed by atoms with Crippen LogP contribution in [0.5, 0.6) is 0 Å². The molecule has 0 amide bonds. The summed E-state index contributed by atoms with van der Waals surface area (Å²) in [7, 11) is 0. The predicted molar refractivity (Wildman–Crippen MR) is 47.1 cm³/mol. The molecule has 0 aromatic rings. The molecule has 0 saturated carbocycles. The molecule has 0 unspecified atom stereocenters. The van der Waals surface area contributed by atoms with Gasteiger partial charge >= 0.3 is 0 Å². The highest BCUT2D eigenvalue weighted by Crippen LogP contribution is 2.13. The molecule has 1 saturated heterocycles. The standard InChI is InChI=1S/C7H14N4O2/c8-10-9-6-1-2-11(3-4-12)5-7(6)13/h6-7,12-13H,1-5H2/t6-,7+/m0/s1. The van der Waals surface area contributed by atoms with Gasteiger partial charge in [-0.1, -0.05) is 5.11 Å². The molecule has 6 heteroatoms. The molecule has 0 aromatic heterocycles. The summed E-state index contributed by atoms with van der Waals surface area (Å²) in [5.74, 6) is 0. The largest absolute Gasteiger partial charge is 0.395 e. The van der Waals surface area contributed by atoms with E-state index in [-0.39, 0.29) is 12.6 Å². The van der Waals surface area contributed by atoms with Crippen LogP contribution in [0, 0.1) is 0 Å². The van der Waals surface area contributed by atoms with Crippen molar-refractivity contribution in [3.63, 3.8) is 0 Å². The quantitative estimate of drug-likeness (QED) is 0.361. The molecule has 0 radical (unpaired) electrons. The van der Waals surface area contributed by atoms with Crippen LogP contribution in [-0.4, -0.2) is 53.5 Å². The highest BCUT2D eigenvalue weighted by Gasteiger charge is 2.26. The molecule has 13 heavy (non-hydrogen) atoms. The van der Waals surface area contributed by atoms with Crippen molar-refractivity contribution in [1.29, 1.82) is 0 Å². The number of aliphatic hydroxyl groups is 2. The van der Waals surface area contributed by atoms with Crippen molar-refractivity contribution in [2.24, 2.45) is 5.11 Å². The van der Waals surface area contributed by atoms with Gasteiger partial charge in [-0.2, -0.15) is 0 Å². The van der Waals surface area contributed by atoms with Crippen LogP contribution in [0.2, 0.25) is 0 Å². The lowest BCUT2D eigenvalue weighted by Gasteiger charge is -2.33. The maximum atomic E-state index is 9.51. The van der Waals surface area contributed by atoms with E-state index in [0.29, 0.717) is 19.5 Å². The van der Waals surface area contributed by atoms with E-state index in [0.717, 1.165) is 6.54 Å². The van der Waals surface area contributed by atoms with E-state index in [1.165, 1.54) is 0 Å². The summed E-state index contributed by atoms with van der Waals surface area (Å²) in [6.45, 7) is 1.91. The van der Waals surface area contributed by atoms with Crippen molar-refractivity contribution in [3.05, 3.63) is 10.4 Å². The molecule has 1 heterocycles. The summed E-state index contributed by atoms with van der Waals surface area (Å²) in [5.41, 5.74) is 8.20. The number of rotatable bonds is 3. The van der Waals surface area contributed by atoms with Gasteiger partial charge in [0.05, 0.1) is 18.8 Å². The van der Waals surface area contributed by atoms with Crippen LogP contribution in [0.1, 0.15) is 6.42 Å². The van der Waals surface area contributed by atoms with Gasteiger partial charge in [0.25, 0.3) is 0 Å². The minimum atomic E-state index is -0.601. The smallest absolute Gasteiger partial charge is 0.0752 e. The third-order valence-electron chi connectivity index (χ3n) is 2.25. The molecule has 1 aliphatic rings. The normalized spacial score (nSPS) is 29.7. The van der Waals surface area contributed by atoms with Crippen molar-refractivity contribution in [3.8, 4) is 0 Å². The molecule has 2 atom stereocenters. The first-order chi connectivity index (χ1) is 6.27. The Bertz CT molecular complexity index is 205. The monoisotopic (exact) mass is 186 g/mol. The molecule has 0 aliphatic carbocycles. The van der Waals surface area contributed by atoms with Gasteiger partial charge in [-0.15, -0.1) is 0 Å². The fraction of sp³-hybridized carbons (Fsp3) is 1.00. The number of hydrogen-bond donors (Lipinski definition) is 2. The van der Waals surface area contributed by atoms with Gasteiger partial charge in [0.15, 0.2) is 0 Å². The Morgan fingerprint density at radius 1 is 1.62 bits per heavy atom. The SMILES string of the molecule is [N-]=[N+]=N[C@H]1CCN(CCO)C[C@H]1O. The van der Waals surface area contributed by atoms with E-state index in [1.54, 1.807) is 0 Å². The van der Waals surface area contributed by atoms with Gasteiger partial charge in [0.1, 0.15) is 0 Å². The lowest BCUT2D eigenvalue weighted by Crippen LogP contribution is -2.46. The summed E-state index contributed by atoms with van der Waals surface area (Å²) in [4.78, 5) is 4.63. The predicted octanol–water partition coefficient (Wildman–Crippen LogP) is -0.276. The van der Waals surface area contributed by atoms with Crippen molar-refractivity contribution >= 4 is 0 Å². The molecule has 1 aliphatic heterocycles. The maximum absolute atomic E-state index is 9.51. The lowest BCUT2D eigenvalue weighted by molar-refractivity contribution is 0.0458. The summed E-state index contributed by atoms with van der Waals surface area (Å²) in [6, 6.07) is -0.306. The van der Waals surface area contributed by atoms with Crippen LogP contribution in [0.25, 0.3) is 10.4 Å². The Kier molecular flexibility index (Phi) is 3.98. The molecule has 1 fully saturated rings. The minimum absolute atomic E-state index is 0.0961. The first-order valence-electron chi connectivity index (χ1n) is 4.33. The number of piperidine rings is 1. The average molecular weight is 186 g/mol. The van der Waals surface area contributed by atoms with E-state index in [4.69, 9.17) is 10.6 Å². The zero-order valence-corrected chi connectivity index (χ0v) is 7.37. The second-order valence-electron chi connectivity index (χ2n) is 3.15. The van der Waals surface area contributed by atoms with Crippen molar-refractivity contribution in [2.75, 3.05) is 26.2 Å². The number of aliphatic hydroxyl groups excluding tert-OH is 2. The van der Waals surface area contributed by atoms with Crippen molar-refractivity contribution in [1.82, 2.24) is 4.90 Å². The molecular weight excluding hydrogens is 172 g/mol. The second-order valence-corrected chi connectivity index (χ2v) is 3.15. The molecule has 1 rings (SSSR count). The third kappa shape index (κ3) is 2.86. The van der Waals surface area contributed by atoms with Crippen LogP contribution in [0.3, 0.4) is 0 Å². The highest BCUT2D eigenvalue weighted by molar-refractivity contribution is 4.84. The van der Waals surface area contributed by atoms with Crippen LogP contribution >= 0.6 is 0 Å². The first kappa shape index (κ1) is 10.3. The minimum Gasteiger partial charge on any atom is -0.395 e. The van der Waals surface area contributed by atoms with Crippen molar-refractivity contribution in [2.45, 2.75) is 18.6 Å². The summed E-state index contributed by atoms with van der Waals surface area (Å²) in [6.07, 6.45) is 0.0572. The number of nitrogens with zero attached hydrogens (tertiary/aromatic N) is 4. The molecule has 0 spiro atoms. The van der Waals surface area contributed by atoms with Gasteiger partial charge in [-0.3, -0.25) is 4.90 Å². The van der Waals surface area contributed by atoms with E-state index in [2.05, 4.69) is 10.0 Å². The van der Waals surface area contributed by atoms with Crippen LogP contribution < -0.4 is 0 Å². The number of azide groups is 1. The molecule has 0 aromatic carbocycles. The Hall–Kier alpha value is -0.810. The fourth-order valence-electron chi connectivity index (χ4n) is 1.53. The lowest BCUT2D eigenvalue weighted by atomic mass is 10.0. The first-order valence-corrected chi connectivity index (χ1v) is 4.33. The molecule has 74 valence electrons. The number of β-amino-alcohol motifs (C(OH)–C–C–N with tert-alkyl or cyclic N) is 2. The Balaban J connectivity index is 2.41. The molecule has 6 nitrogen and oxygen atoms in total. The van der Waals surface area contributed by atoms with Gasteiger partial charge < -0.3 is 10.2 Å². The van der Waals surface area contributed by atoms with Crippen LogP contribution in [0.4, 0.5) is 0 Å². The Morgan fingerprint density at radius 2 is 2.38 bits per heavy atom. The maximum Gasteiger partial charge on any atom is 0.0752 e. The fourth-order valence-corrected chi connectivity index (χ4v) is 1.53. The summed E-state index contributed by atoms with van der Waals surface area (Å²) in [5, 5.41) is 21.7. The van der Waals surface area contributed by atoms with E-state index >= 15 is 0 Å². The van der Waals surface area contributed by atoms with Crippen LogP contribution in [0.15, 0.2) is 5.11 Å². The zero-order chi connectivity index (χ0) is 9.68. The van der Waals surface area contributed by atoms with Gasteiger partial charge in [-0.25, -0.2) is 0 Å². The molecule has 0 bridgehead atoms. The Morgan fingerprint density at radius 3 is 2.92 bits per heavy atom. The summed E-state index contributed by atoms with van der Waals surface area (Å²) >= 11 is 0. The van der Waals surface area contributed by atoms with E-state index < -0.39 is 6.10 Å². The molecule has 2 N–H and O–H groups in total. The molecular formula is C7H14N4O2. The van der Waals surface area contributed by atoms with Gasteiger partial charge in [0.2, 0.25) is 0 Å². The number of likely N-dealkylation sites (tertiary alicyclic amines) is 1. The second kappa shape index (κ2) is 5.04. The van der Waals surface area contributed by atoms with Crippen molar-refractivity contribution < 1.29 is 10.2 Å². The van der Waals surface area contributed by atoms with E-state index in [1.807, 2.05) is 4.90 Å². The number of hydrogen-bond acceptors (Lipinski definition) is 4. The zero-order valence-electron chi connectivity index (χ0n) is 7.37.